The van der Waals surface area contributed by atoms with Crippen LogP contribution in [0.3, 0.4) is 0 Å². The van der Waals surface area contributed by atoms with Gasteiger partial charge in [-0.3, -0.25) is 0 Å². The van der Waals surface area contributed by atoms with Crippen molar-refractivity contribution in [1.29, 1.82) is 0 Å². The van der Waals surface area contributed by atoms with Gasteiger partial charge in [-0.15, -0.1) is 0 Å². The molecule has 1 aromatic carbocycles. The van der Waals surface area contributed by atoms with Gasteiger partial charge in [0.15, 0.2) is 11.5 Å². The summed E-state index contributed by atoms with van der Waals surface area (Å²) in [6.07, 6.45) is 9.34. The van der Waals surface area contributed by atoms with Crippen LogP contribution >= 0.6 is 0 Å². The number of hydrogen-bond donors (Lipinski definition) is 1. The van der Waals surface area contributed by atoms with E-state index in [-0.39, 0.29) is 0 Å². The molecule has 1 N–H and O–H groups in total. The standard InChI is InChI=1S/C18H27NO2/c1-20-17-9-5-8-15(12-19-16-10-11-16)18(17)21-13-14-6-3-2-4-7-14/h5,8-9,14,16,19H,2-4,6-7,10-13H2,1H3. The molecule has 3 nitrogen and oxygen atoms in total. The highest BCUT2D eigenvalue weighted by atomic mass is 16.5. The number of nitrogens with one attached hydrogen (secondary N) is 1. The fourth-order valence-corrected chi connectivity index (χ4v) is 3.12. The minimum absolute atomic E-state index is 0.711. The largest absolute Gasteiger partial charge is 0.493 e. The molecule has 0 unspecified atom stereocenters. The molecule has 2 aliphatic carbocycles. The van der Waals surface area contributed by atoms with E-state index in [1.807, 2.05) is 6.07 Å². The van der Waals surface area contributed by atoms with Crippen LogP contribution in [0.5, 0.6) is 11.5 Å². The van der Waals surface area contributed by atoms with Crippen molar-refractivity contribution in [2.45, 2.75) is 57.5 Å². The summed E-state index contributed by atoms with van der Waals surface area (Å²) in [6, 6.07) is 6.91. The smallest absolute Gasteiger partial charge is 0.165 e. The lowest BCUT2D eigenvalue weighted by atomic mass is 9.90. The maximum atomic E-state index is 6.19. The first-order valence-corrected chi connectivity index (χ1v) is 8.39. The van der Waals surface area contributed by atoms with Gasteiger partial charge in [-0.05, 0) is 37.7 Å². The lowest BCUT2D eigenvalue weighted by Crippen LogP contribution is -2.19. The molecule has 0 spiro atoms. The third kappa shape index (κ3) is 4.13. The van der Waals surface area contributed by atoms with Crippen molar-refractivity contribution in [1.82, 2.24) is 5.32 Å². The van der Waals surface area contributed by atoms with Gasteiger partial charge in [-0.2, -0.15) is 0 Å². The first kappa shape index (κ1) is 14.7. The highest BCUT2D eigenvalue weighted by Crippen LogP contribution is 2.33. The second kappa shape index (κ2) is 7.17. The molecular formula is C18H27NO2. The van der Waals surface area contributed by atoms with Crippen molar-refractivity contribution in [3.63, 3.8) is 0 Å². The number of benzene rings is 1. The SMILES string of the molecule is COc1cccc(CNC2CC2)c1OCC1CCCCC1. The molecule has 2 fully saturated rings. The van der Waals surface area contributed by atoms with Gasteiger partial charge in [0.05, 0.1) is 13.7 Å². The van der Waals surface area contributed by atoms with E-state index >= 15 is 0 Å². The Labute approximate surface area is 128 Å². The fourth-order valence-electron chi connectivity index (χ4n) is 3.12. The number of ether oxygens (including phenoxy) is 2. The van der Waals surface area contributed by atoms with Gasteiger partial charge in [0, 0.05) is 18.2 Å². The van der Waals surface area contributed by atoms with Gasteiger partial charge in [0.25, 0.3) is 0 Å². The van der Waals surface area contributed by atoms with Gasteiger partial charge in [-0.1, -0.05) is 31.4 Å². The summed E-state index contributed by atoms with van der Waals surface area (Å²) in [5, 5.41) is 3.57. The van der Waals surface area contributed by atoms with Crippen molar-refractivity contribution in [3.05, 3.63) is 23.8 Å². The fraction of sp³-hybridized carbons (Fsp3) is 0.667. The normalized spacial score (nSPS) is 19.5. The van der Waals surface area contributed by atoms with Gasteiger partial charge in [-0.25, -0.2) is 0 Å². The predicted molar refractivity (Wildman–Crippen MR) is 84.9 cm³/mol. The van der Waals surface area contributed by atoms with Crippen molar-refractivity contribution < 1.29 is 9.47 Å². The van der Waals surface area contributed by atoms with Crippen LogP contribution < -0.4 is 14.8 Å². The molecule has 2 saturated carbocycles. The van der Waals surface area contributed by atoms with E-state index in [9.17, 15) is 0 Å². The zero-order valence-corrected chi connectivity index (χ0v) is 13.1. The minimum Gasteiger partial charge on any atom is -0.493 e. The molecule has 2 aliphatic rings. The van der Waals surface area contributed by atoms with Crippen LogP contribution in [0.1, 0.15) is 50.5 Å². The Balaban J connectivity index is 1.64. The van der Waals surface area contributed by atoms with Crippen LogP contribution in [0, 0.1) is 5.92 Å². The zero-order chi connectivity index (χ0) is 14.5. The molecule has 0 radical (unpaired) electrons. The molecule has 116 valence electrons. The Bertz CT molecular complexity index is 451. The highest BCUT2D eigenvalue weighted by molar-refractivity contribution is 5.46. The molecular weight excluding hydrogens is 262 g/mol. The van der Waals surface area contributed by atoms with Crippen LogP contribution in [-0.2, 0) is 6.54 Å². The molecule has 0 bridgehead atoms. The second-order valence-electron chi connectivity index (χ2n) is 6.42. The van der Waals surface area contributed by atoms with E-state index < -0.39 is 0 Å². The summed E-state index contributed by atoms with van der Waals surface area (Å²) < 4.78 is 11.7. The van der Waals surface area contributed by atoms with Gasteiger partial charge in [0.2, 0.25) is 0 Å². The maximum absolute atomic E-state index is 6.19. The van der Waals surface area contributed by atoms with E-state index in [1.54, 1.807) is 7.11 Å². The topological polar surface area (TPSA) is 30.5 Å². The molecule has 3 heteroatoms. The first-order valence-electron chi connectivity index (χ1n) is 8.39. The average Bonchev–Trinajstić information content (AvgIpc) is 3.36. The Morgan fingerprint density at radius 3 is 2.62 bits per heavy atom. The molecule has 0 atom stereocenters. The Hall–Kier alpha value is -1.22. The van der Waals surface area contributed by atoms with Crippen molar-refractivity contribution >= 4 is 0 Å². The number of rotatable bonds is 7. The van der Waals surface area contributed by atoms with Crippen molar-refractivity contribution in [2.24, 2.45) is 5.92 Å². The molecule has 0 amide bonds. The average molecular weight is 289 g/mol. The second-order valence-corrected chi connectivity index (χ2v) is 6.42. The number of hydrogen-bond acceptors (Lipinski definition) is 3. The van der Waals surface area contributed by atoms with Crippen molar-refractivity contribution in [3.8, 4) is 11.5 Å². The molecule has 21 heavy (non-hydrogen) atoms. The van der Waals surface area contributed by atoms with Crippen molar-refractivity contribution in [2.75, 3.05) is 13.7 Å². The zero-order valence-electron chi connectivity index (χ0n) is 13.1. The van der Waals surface area contributed by atoms with Crippen LogP contribution in [0.4, 0.5) is 0 Å². The van der Waals surface area contributed by atoms with E-state index in [0.717, 1.165) is 24.7 Å². The lowest BCUT2D eigenvalue weighted by Gasteiger charge is -2.23. The first-order chi connectivity index (χ1) is 10.4. The van der Waals surface area contributed by atoms with Crippen LogP contribution in [0.2, 0.25) is 0 Å². The molecule has 0 aliphatic heterocycles. The maximum Gasteiger partial charge on any atom is 0.165 e. The monoisotopic (exact) mass is 289 g/mol. The number of methoxy groups -OCH3 is 1. The lowest BCUT2D eigenvalue weighted by molar-refractivity contribution is 0.200. The summed E-state index contributed by atoms with van der Waals surface area (Å²) in [6.45, 7) is 1.71. The van der Waals surface area contributed by atoms with Crippen LogP contribution in [0.15, 0.2) is 18.2 Å². The summed E-state index contributed by atoms with van der Waals surface area (Å²) >= 11 is 0. The highest BCUT2D eigenvalue weighted by Gasteiger charge is 2.22. The van der Waals surface area contributed by atoms with E-state index in [4.69, 9.17) is 9.47 Å². The summed E-state index contributed by atoms with van der Waals surface area (Å²) in [7, 11) is 1.72. The Morgan fingerprint density at radius 2 is 1.90 bits per heavy atom. The van der Waals surface area contributed by atoms with Gasteiger partial charge < -0.3 is 14.8 Å². The molecule has 0 aromatic heterocycles. The third-order valence-electron chi connectivity index (χ3n) is 4.63. The Morgan fingerprint density at radius 1 is 1.10 bits per heavy atom. The van der Waals surface area contributed by atoms with E-state index in [1.165, 1.54) is 50.5 Å². The summed E-state index contributed by atoms with van der Waals surface area (Å²) in [5.41, 5.74) is 1.22. The minimum atomic E-state index is 0.711. The molecule has 3 rings (SSSR count). The Kier molecular flexibility index (Phi) is 5.02. The van der Waals surface area contributed by atoms with Crippen LogP contribution in [0.25, 0.3) is 0 Å². The van der Waals surface area contributed by atoms with E-state index in [0.29, 0.717) is 12.0 Å². The van der Waals surface area contributed by atoms with Crippen LogP contribution in [-0.4, -0.2) is 19.8 Å². The summed E-state index contributed by atoms with van der Waals surface area (Å²) in [5.74, 6) is 2.52. The van der Waals surface area contributed by atoms with Gasteiger partial charge in [0.1, 0.15) is 0 Å². The number of para-hydroxylation sites is 1. The quantitative estimate of drug-likeness (QED) is 0.825. The van der Waals surface area contributed by atoms with E-state index in [2.05, 4.69) is 17.4 Å². The predicted octanol–water partition coefficient (Wildman–Crippen LogP) is 3.91. The molecule has 0 heterocycles. The third-order valence-corrected chi connectivity index (χ3v) is 4.63. The van der Waals surface area contributed by atoms with Gasteiger partial charge >= 0.3 is 0 Å². The summed E-state index contributed by atoms with van der Waals surface area (Å²) in [4.78, 5) is 0. The molecule has 0 saturated heterocycles. The molecule has 1 aromatic rings.